The minimum absolute atomic E-state index is 0.0871. The van der Waals surface area contributed by atoms with Gasteiger partial charge in [-0.15, -0.1) is 5.10 Å². The van der Waals surface area contributed by atoms with Crippen LogP contribution in [0, 0.1) is 0 Å². The van der Waals surface area contributed by atoms with Crippen molar-refractivity contribution in [2.24, 2.45) is 0 Å². The van der Waals surface area contributed by atoms with Crippen molar-refractivity contribution in [3.63, 3.8) is 0 Å². The van der Waals surface area contributed by atoms with Gasteiger partial charge in [0.1, 0.15) is 5.76 Å². The van der Waals surface area contributed by atoms with Crippen LogP contribution >= 0.6 is 23.1 Å². The molecule has 0 saturated heterocycles. The SMILES string of the molecule is O=C(NC1CCCC1)[C@@H](c1ccco1)N(C(=O)c1csnn1)c1ccccc1Cl. The van der Waals surface area contributed by atoms with Crippen LogP contribution in [0.5, 0.6) is 0 Å². The summed E-state index contributed by atoms with van der Waals surface area (Å²) in [5, 5.41) is 8.84. The molecule has 3 aromatic rings. The Morgan fingerprint density at radius 1 is 1.21 bits per heavy atom. The van der Waals surface area contributed by atoms with Gasteiger partial charge in [0.2, 0.25) is 0 Å². The van der Waals surface area contributed by atoms with Crippen molar-refractivity contribution >= 4 is 40.6 Å². The number of amides is 2. The van der Waals surface area contributed by atoms with Crippen LogP contribution in [0.2, 0.25) is 5.02 Å². The lowest BCUT2D eigenvalue weighted by Crippen LogP contribution is -2.46. The fraction of sp³-hybridized carbons (Fsp3) is 0.300. The zero-order valence-electron chi connectivity index (χ0n) is 15.5. The number of halogens is 1. The number of aromatic nitrogens is 2. The van der Waals surface area contributed by atoms with Crippen molar-refractivity contribution in [3.8, 4) is 0 Å². The van der Waals surface area contributed by atoms with Gasteiger partial charge >= 0.3 is 0 Å². The monoisotopic (exact) mass is 430 g/mol. The quantitative estimate of drug-likeness (QED) is 0.632. The van der Waals surface area contributed by atoms with Gasteiger partial charge in [0, 0.05) is 11.4 Å². The number of para-hydroxylation sites is 1. The fourth-order valence-electron chi connectivity index (χ4n) is 3.56. The van der Waals surface area contributed by atoms with Crippen LogP contribution in [0.1, 0.15) is 48.0 Å². The molecule has 0 aliphatic heterocycles. The highest BCUT2D eigenvalue weighted by atomic mass is 35.5. The predicted molar refractivity (Wildman–Crippen MR) is 110 cm³/mol. The first-order valence-electron chi connectivity index (χ1n) is 9.34. The standard InChI is InChI=1S/C20H19ClN4O3S/c21-14-8-3-4-9-16(14)25(20(27)15-12-29-24-23-15)18(17-10-5-11-28-17)19(26)22-13-6-1-2-7-13/h3-5,8-13,18H,1-2,6-7H2,(H,22,26)/t18-/m1/s1. The van der Waals surface area contributed by atoms with E-state index in [1.165, 1.54) is 11.2 Å². The molecule has 2 amide bonds. The summed E-state index contributed by atoms with van der Waals surface area (Å²) in [5.74, 6) is -0.449. The minimum atomic E-state index is -1.03. The lowest BCUT2D eigenvalue weighted by atomic mass is 10.1. The molecule has 29 heavy (non-hydrogen) atoms. The Morgan fingerprint density at radius 2 is 2.00 bits per heavy atom. The molecule has 4 rings (SSSR count). The number of benzene rings is 1. The molecule has 0 radical (unpaired) electrons. The van der Waals surface area contributed by atoms with Gasteiger partial charge in [-0.05, 0) is 48.6 Å². The van der Waals surface area contributed by atoms with Gasteiger partial charge in [0.15, 0.2) is 11.7 Å². The number of furan rings is 1. The highest BCUT2D eigenvalue weighted by Crippen LogP contribution is 2.35. The van der Waals surface area contributed by atoms with E-state index in [0.717, 1.165) is 37.2 Å². The second-order valence-corrected chi connectivity index (χ2v) is 7.84. The number of hydrogen-bond donors (Lipinski definition) is 1. The molecule has 2 aromatic heterocycles. The van der Waals surface area contributed by atoms with Gasteiger partial charge in [-0.3, -0.25) is 14.5 Å². The molecule has 1 atom stereocenters. The molecule has 7 nitrogen and oxygen atoms in total. The third-order valence-corrected chi connectivity index (χ3v) is 5.75. The molecule has 1 fully saturated rings. The summed E-state index contributed by atoms with van der Waals surface area (Å²) in [7, 11) is 0. The summed E-state index contributed by atoms with van der Waals surface area (Å²) < 4.78 is 9.34. The molecular formula is C20H19ClN4O3S. The van der Waals surface area contributed by atoms with Crippen LogP contribution in [0.15, 0.2) is 52.5 Å². The Kier molecular flexibility index (Phi) is 5.92. The maximum Gasteiger partial charge on any atom is 0.280 e. The molecule has 1 aliphatic rings. The Labute approximate surface area is 176 Å². The normalized spacial score (nSPS) is 15.2. The Morgan fingerprint density at radius 3 is 2.66 bits per heavy atom. The molecular weight excluding hydrogens is 412 g/mol. The fourth-order valence-corrected chi connectivity index (χ4v) is 4.22. The summed E-state index contributed by atoms with van der Waals surface area (Å²) in [5.41, 5.74) is 0.537. The number of hydrogen-bond acceptors (Lipinski definition) is 6. The zero-order chi connectivity index (χ0) is 20.2. The average Bonchev–Trinajstić information content (AvgIpc) is 3.49. The van der Waals surface area contributed by atoms with E-state index in [0.29, 0.717) is 16.5 Å². The lowest BCUT2D eigenvalue weighted by Gasteiger charge is -2.30. The van der Waals surface area contributed by atoms with E-state index in [9.17, 15) is 9.59 Å². The van der Waals surface area contributed by atoms with E-state index in [4.69, 9.17) is 16.0 Å². The average molecular weight is 431 g/mol. The summed E-state index contributed by atoms with van der Waals surface area (Å²) in [4.78, 5) is 28.1. The van der Waals surface area contributed by atoms with Gasteiger partial charge < -0.3 is 9.73 Å². The number of carbonyl (C=O) groups excluding carboxylic acids is 2. The third kappa shape index (κ3) is 4.18. The largest absolute Gasteiger partial charge is 0.467 e. The summed E-state index contributed by atoms with van der Waals surface area (Å²) in [6.07, 6.45) is 5.48. The van der Waals surface area contributed by atoms with Crippen LogP contribution in [0.25, 0.3) is 0 Å². The number of carbonyl (C=O) groups is 2. The van der Waals surface area contributed by atoms with E-state index < -0.39 is 11.9 Å². The molecule has 1 aromatic carbocycles. The van der Waals surface area contributed by atoms with Gasteiger partial charge in [-0.25, -0.2) is 0 Å². The molecule has 0 spiro atoms. The van der Waals surface area contributed by atoms with E-state index in [1.54, 1.807) is 41.8 Å². The summed E-state index contributed by atoms with van der Waals surface area (Å²) in [6.45, 7) is 0. The van der Waals surface area contributed by atoms with Crippen molar-refractivity contribution in [2.75, 3.05) is 4.90 Å². The maximum absolute atomic E-state index is 13.4. The molecule has 1 saturated carbocycles. The van der Waals surface area contributed by atoms with E-state index in [-0.39, 0.29) is 17.6 Å². The van der Waals surface area contributed by atoms with Crippen LogP contribution in [-0.2, 0) is 4.79 Å². The Bertz CT molecular complexity index is 972. The molecule has 1 aliphatic carbocycles. The second-order valence-electron chi connectivity index (χ2n) is 6.82. The molecule has 150 valence electrons. The van der Waals surface area contributed by atoms with Crippen molar-refractivity contribution < 1.29 is 14.0 Å². The Balaban J connectivity index is 1.78. The number of nitrogens with zero attached hydrogens (tertiary/aromatic N) is 3. The van der Waals surface area contributed by atoms with Gasteiger partial charge in [-0.2, -0.15) is 0 Å². The van der Waals surface area contributed by atoms with E-state index in [1.807, 2.05) is 0 Å². The van der Waals surface area contributed by atoms with Crippen molar-refractivity contribution in [1.29, 1.82) is 0 Å². The summed E-state index contributed by atoms with van der Waals surface area (Å²) in [6, 6.07) is 9.31. The highest BCUT2D eigenvalue weighted by Gasteiger charge is 2.38. The van der Waals surface area contributed by atoms with E-state index >= 15 is 0 Å². The summed E-state index contributed by atoms with van der Waals surface area (Å²) >= 11 is 7.48. The Hall–Kier alpha value is -2.71. The van der Waals surface area contributed by atoms with Crippen LogP contribution in [-0.4, -0.2) is 27.4 Å². The topological polar surface area (TPSA) is 88.3 Å². The second kappa shape index (κ2) is 8.75. The number of nitrogens with one attached hydrogen (secondary N) is 1. The molecule has 2 heterocycles. The maximum atomic E-state index is 13.4. The first-order chi connectivity index (χ1) is 14.1. The van der Waals surface area contributed by atoms with Crippen LogP contribution in [0.3, 0.4) is 0 Å². The highest BCUT2D eigenvalue weighted by molar-refractivity contribution is 7.03. The van der Waals surface area contributed by atoms with Crippen LogP contribution < -0.4 is 10.2 Å². The number of anilines is 1. The molecule has 1 N–H and O–H groups in total. The van der Waals surface area contributed by atoms with Crippen molar-refractivity contribution in [3.05, 3.63) is 64.5 Å². The van der Waals surface area contributed by atoms with Gasteiger partial charge in [0.05, 0.1) is 17.0 Å². The van der Waals surface area contributed by atoms with Gasteiger partial charge in [-0.1, -0.05) is 41.1 Å². The number of rotatable bonds is 6. The van der Waals surface area contributed by atoms with Crippen LogP contribution in [0.4, 0.5) is 5.69 Å². The smallest absolute Gasteiger partial charge is 0.280 e. The third-order valence-electron chi connectivity index (χ3n) is 4.93. The molecule has 9 heteroatoms. The van der Waals surface area contributed by atoms with Crippen molar-refractivity contribution in [1.82, 2.24) is 14.9 Å². The lowest BCUT2D eigenvalue weighted by molar-refractivity contribution is -0.123. The van der Waals surface area contributed by atoms with Gasteiger partial charge in [0.25, 0.3) is 11.8 Å². The molecule has 0 bridgehead atoms. The van der Waals surface area contributed by atoms with Crippen molar-refractivity contribution in [2.45, 2.75) is 37.8 Å². The first kappa shape index (κ1) is 19.6. The zero-order valence-corrected chi connectivity index (χ0v) is 17.0. The minimum Gasteiger partial charge on any atom is -0.467 e. The molecule has 0 unspecified atom stereocenters. The first-order valence-corrected chi connectivity index (χ1v) is 10.6. The van der Waals surface area contributed by atoms with E-state index in [2.05, 4.69) is 14.9 Å². The predicted octanol–water partition coefficient (Wildman–Crippen LogP) is 4.23.